The van der Waals surface area contributed by atoms with Gasteiger partial charge in [-0.05, 0) is 0 Å². The molecule has 158 valence electrons. The van der Waals surface area contributed by atoms with E-state index in [2.05, 4.69) is 0 Å². The van der Waals surface area contributed by atoms with E-state index in [-0.39, 0.29) is 26.2 Å². The molecule has 3 aromatic carbocycles. The molecule has 1 heterocycles. The zero-order valence-corrected chi connectivity index (χ0v) is 18.6. The van der Waals surface area contributed by atoms with Crippen molar-refractivity contribution < 1.29 is 9.59 Å². The Hall–Kier alpha value is -3.80. The molecule has 0 radical (unpaired) electrons. The monoisotopic (exact) mass is 490 g/mol. The minimum absolute atomic E-state index is 0.117. The van der Waals surface area contributed by atoms with E-state index in [4.69, 9.17) is 0 Å². The van der Waals surface area contributed by atoms with E-state index in [1.54, 1.807) is 48.5 Å². The molecule has 32 heavy (non-hydrogen) atoms. The molecular formula is C25H18N2O4Se. The Labute approximate surface area is 189 Å². The summed E-state index contributed by atoms with van der Waals surface area (Å²) in [5.41, 5.74) is -0.944. The van der Waals surface area contributed by atoms with Gasteiger partial charge in [0, 0.05) is 0 Å². The molecule has 0 spiro atoms. The number of benzene rings is 3. The molecule has 0 fully saturated rings. The van der Waals surface area contributed by atoms with Crippen molar-refractivity contribution in [3.63, 3.8) is 0 Å². The van der Waals surface area contributed by atoms with Crippen molar-refractivity contribution >= 4 is 31.2 Å². The van der Waals surface area contributed by atoms with Gasteiger partial charge in [0.15, 0.2) is 0 Å². The van der Waals surface area contributed by atoms with Crippen molar-refractivity contribution in [2.24, 2.45) is 0 Å². The van der Waals surface area contributed by atoms with Crippen LogP contribution in [0, 0.1) is 0 Å². The van der Waals surface area contributed by atoms with Crippen LogP contribution in [0.1, 0.15) is 26.4 Å². The van der Waals surface area contributed by atoms with Gasteiger partial charge in [0.05, 0.1) is 0 Å². The van der Waals surface area contributed by atoms with Gasteiger partial charge in [-0.25, -0.2) is 0 Å². The third-order valence-corrected chi connectivity index (χ3v) is 6.95. The summed E-state index contributed by atoms with van der Waals surface area (Å²) in [5.74, 6) is -1.35. The molecule has 0 aliphatic carbocycles. The van der Waals surface area contributed by atoms with Crippen molar-refractivity contribution in [1.29, 1.82) is 0 Å². The van der Waals surface area contributed by atoms with E-state index in [0.717, 1.165) is 9.03 Å². The second-order valence-electron chi connectivity index (χ2n) is 6.87. The topological polar surface area (TPSA) is 78.1 Å². The minimum atomic E-state index is -0.959. The Morgan fingerprint density at radius 2 is 1.12 bits per heavy atom. The number of nitrogens with zero attached hydrogens (tertiary/aromatic N) is 2. The normalized spacial score (nSPS) is 10.6. The van der Waals surface area contributed by atoms with Gasteiger partial charge < -0.3 is 0 Å². The van der Waals surface area contributed by atoms with Crippen LogP contribution >= 0.6 is 0 Å². The molecule has 0 atom stereocenters. The van der Waals surface area contributed by atoms with E-state index in [1.165, 1.54) is 18.2 Å². The average Bonchev–Trinajstić information content (AvgIpc) is 2.84. The third-order valence-electron chi connectivity index (χ3n) is 4.76. The van der Waals surface area contributed by atoms with Crippen LogP contribution in [0.3, 0.4) is 0 Å². The summed E-state index contributed by atoms with van der Waals surface area (Å²) in [6.45, 7) is 0. The van der Waals surface area contributed by atoms with Gasteiger partial charge in [-0.1, -0.05) is 0 Å². The average molecular weight is 489 g/mol. The molecule has 4 rings (SSSR count). The Morgan fingerprint density at radius 1 is 0.656 bits per heavy atom. The van der Waals surface area contributed by atoms with Gasteiger partial charge in [0.25, 0.3) is 0 Å². The van der Waals surface area contributed by atoms with Crippen LogP contribution in [0.25, 0.3) is 0 Å². The maximum absolute atomic E-state index is 13.3. The summed E-state index contributed by atoms with van der Waals surface area (Å²) in [5, 5.41) is 0.348. The number of hydrogen-bond donors (Lipinski definition) is 0. The fraction of sp³-hybridized carbons (Fsp3) is 0.0400. The van der Waals surface area contributed by atoms with E-state index in [1.807, 2.05) is 30.3 Å². The van der Waals surface area contributed by atoms with E-state index in [9.17, 15) is 19.2 Å². The Kier molecular flexibility index (Phi) is 6.40. The van der Waals surface area contributed by atoms with Gasteiger partial charge in [0.2, 0.25) is 0 Å². The molecule has 0 saturated carbocycles. The Morgan fingerprint density at radius 3 is 1.66 bits per heavy atom. The number of carbonyl (C=O) groups excluding carboxylic acids is 2. The molecule has 0 amide bonds. The first-order valence-corrected chi connectivity index (χ1v) is 11.9. The quantitative estimate of drug-likeness (QED) is 0.402. The summed E-state index contributed by atoms with van der Waals surface area (Å²) in [7, 11) is 0. The molecule has 6 nitrogen and oxygen atoms in total. The Bertz CT molecular complexity index is 1380. The first-order valence-electron chi connectivity index (χ1n) is 9.81. The van der Waals surface area contributed by atoms with Crippen LogP contribution in [0.5, 0.6) is 0 Å². The molecule has 0 N–H and O–H groups in total. The first-order chi connectivity index (χ1) is 15.6. The van der Waals surface area contributed by atoms with Crippen LogP contribution in [0.2, 0.25) is 0 Å². The number of rotatable bonds is 5. The summed E-state index contributed by atoms with van der Waals surface area (Å²) in [4.78, 5) is 52.4. The van der Waals surface area contributed by atoms with Gasteiger partial charge in [0.1, 0.15) is 0 Å². The molecule has 0 aliphatic rings. The Balaban J connectivity index is 1.84. The van der Waals surface area contributed by atoms with Crippen LogP contribution < -0.4 is 15.7 Å². The zero-order chi connectivity index (χ0) is 22.5. The number of hydrogen-bond acceptors (Lipinski definition) is 4. The first kappa shape index (κ1) is 21.4. The van der Waals surface area contributed by atoms with Crippen LogP contribution in [0.15, 0.2) is 107 Å². The fourth-order valence-corrected chi connectivity index (χ4v) is 5.03. The second kappa shape index (κ2) is 9.56. The second-order valence-corrected chi connectivity index (χ2v) is 9.07. The van der Waals surface area contributed by atoms with Crippen LogP contribution in [-0.4, -0.2) is 35.9 Å². The molecule has 0 bridgehead atoms. The molecule has 1 aromatic heterocycles. The van der Waals surface area contributed by atoms with Gasteiger partial charge in [-0.15, -0.1) is 0 Å². The molecule has 0 saturated heterocycles. The van der Waals surface area contributed by atoms with Gasteiger partial charge >= 0.3 is 190 Å². The van der Waals surface area contributed by atoms with Crippen molar-refractivity contribution in [3.05, 3.63) is 135 Å². The summed E-state index contributed by atoms with van der Waals surface area (Å²) in [6.07, 6.45) is 0. The maximum atomic E-state index is 13.3. The fourth-order valence-electron chi connectivity index (χ4n) is 3.19. The predicted molar refractivity (Wildman–Crippen MR) is 123 cm³/mol. The van der Waals surface area contributed by atoms with E-state index < -0.39 is 23.1 Å². The van der Waals surface area contributed by atoms with Gasteiger partial charge in [-0.3, -0.25) is 0 Å². The number of aromatic nitrogens is 2. The summed E-state index contributed by atoms with van der Waals surface area (Å²) >= 11 is -0.117. The summed E-state index contributed by atoms with van der Waals surface area (Å²) < 4.78 is 2.54. The standard InChI is InChI=1S/C25H18N2O4Se/c28-22-16-20(17-32-21-14-8-3-9-15-21)26(23(29)18-10-4-1-5-11-18)25(31)27(22)24(30)19-12-6-2-7-13-19/h1-16H,17H2. The molecule has 0 aliphatic heterocycles. The van der Waals surface area contributed by atoms with Crippen LogP contribution in [0.4, 0.5) is 0 Å². The van der Waals surface area contributed by atoms with Crippen molar-refractivity contribution in [3.8, 4) is 0 Å². The zero-order valence-electron chi connectivity index (χ0n) is 16.9. The van der Waals surface area contributed by atoms with Crippen molar-refractivity contribution in [2.75, 3.05) is 0 Å². The molecule has 0 unspecified atom stereocenters. The molecular weight excluding hydrogens is 471 g/mol. The van der Waals surface area contributed by atoms with E-state index in [0.29, 0.717) is 15.4 Å². The number of carbonyl (C=O) groups is 2. The molecule has 7 heteroatoms. The van der Waals surface area contributed by atoms with Crippen molar-refractivity contribution in [2.45, 2.75) is 5.32 Å². The third kappa shape index (κ3) is 4.44. The van der Waals surface area contributed by atoms with Crippen molar-refractivity contribution in [1.82, 2.24) is 9.13 Å². The molecule has 4 aromatic rings. The summed E-state index contributed by atoms with van der Waals surface area (Å²) in [6, 6.07) is 27.2. The van der Waals surface area contributed by atoms with E-state index >= 15 is 0 Å². The van der Waals surface area contributed by atoms with Crippen LogP contribution in [-0.2, 0) is 5.32 Å². The predicted octanol–water partition coefficient (Wildman–Crippen LogP) is 1.92. The van der Waals surface area contributed by atoms with Gasteiger partial charge in [-0.2, -0.15) is 0 Å². The SMILES string of the molecule is O=C(c1ccccc1)n1c(C[Se]c2ccccc2)cc(=O)n(C(=O)c2ccccc2)c1=O.